The highest BCUT2D eigenvalue weighted by Crippen LogP contribution is 2.19. The minimum Gasteiger partial charge on any atom is -0.356 e. The van der Waals surface area contributed by atoms with E-state index < -0.39 is 0 Å². The lowest BCUT2D eigenvalue weighted by atomic mass is 10.1. The van der Waals surface area contributed by atoms with Gasteiger partial charge >= 0.3 is 0 Å². The van der Waals surface area contributed by atoms with E-state index in [0.29, 0.717) is 5.92 Å². The molecule has 3 rings (SSSR count). The highest BCUT2D eigenvalue weighted by atomic mass is 127. The van der Waals surface area contributed by atoms with Gasteiger partial charge in [0.1, 0.15) is 5.82 Å². The Balaban J connectivity index is 0.00000320. The first-order valence-electron chi connectivity index (χ1n) is 10.3. The summed E-state index contributed by atoms with van der Waals surface area (Å²) in [6.45, 7) is 9.00. The van der Waals surface area contributed by atoms with Gasteiger partial charge in [0.15, 0.2) is 5.96 Å². The molecular weight excluding hydrogens is 489 g/mol. The molecule has 0 unspecified atom stereocenters. The molecule has 8 heteroatoms. The van der Waals surface area contributed by atoms with Crippen molar-refractivity contribution in [1.82, 2.24) is 29.5 Å². The normalized spacial score (nSPS) is 11.8. The fourth-order valence-electron chi connectivity index (χ4n) is 3.79. The summed E-state index contributed by atoms with van der Waals surface area (Å²) in [7, 11) is 5.88. The van der Waals surface area contributed by atoms with Crippen LogP contribution in [-0.2, 0) is 20.1 Å². The molecule has 0 spiro atoms. The van der Waals surface area contributed by atoms with Gasteiger partial charge < -0.3 is 14.8 Å². The van der Waals surface area contributed by atoms with Crippen LogP contribution < -0.4 is 5.32 Å². The van der Waals surface area contributed by atoms with E-state index in [1.54, 1.807) is 0 Å². The van der Waals surface area contributed by atoms with Crippen LogP contribution >= 0.6 is 24.0 Å². The molecule has 0 aliphatic rings. The van der Waals surface area contributed by atoms with Gasteiger partial charge in [-0.25, -0.2) is 4.98 Å². The summed E-state index contributed by atoms with van der Waals surface area (Å²) in [5, 5.41) is 8.10. The molecule has 0 saturated carbocycles. The van der Waals surface area contributed by atoms with Crippen molar-refractivity contribution in [3.8, 4) is 0 Å². The predicted octanol–water partition coefficient (Wildman–Crippen LogP) is 3.92. The van der Waals surface area contributed by atoms with Crippen LogP contribution in [0.25, 0.3) is 11.0 Å². The molecule has 0 aliphatic carbocycles. The van der Waals surface area contributed by atoms with Gasteiger partial charge in [0.2, 0.25) is 0 Å². The summed E-state index contributed by atoms with van der Waals surface area (Å²) in [5.74, 6) is 2.36. The van der Waals surface area contributed by atoms with Crippen LogP contribution in [-0.4, -0.2) is 50.8 Å². The molecule has 2 aromatic heterocycles. The lowest BCUT2D eigenvalue weighted by Crippen LogP contribution is -2.39. The Morgan fingerprint density at radius 3 is 2.70 bits per heavy atom. The summed E-state index contributed by atoms with van der Waals surface area (Å²) < 4.78 is 4.18. The van der Waals surface area contributed by atoms with Crippen molar-refractivity contribution in [3.05, 3.63) is 47.5 Å². The number of rotatable bonds is 7. The first-order chi connectivity index (χ1) is 13.9. The number of imidazole rings is 1. The lowest BCUT2D eigenvalue weighted by Gasteiger charge is -2.22. The molecule has 164 valence electrons. The van der Waals surface area contributed by atoms with Crippen LogP contribution in [0, 0.1) is 6.92 Å². The summed E-state index contributed by atoms with van der Waals surface area (Å²) in [6.07, 6.45) is 3.10. The number of aryl methyl sites for hydroxylation is 3. The van der Waals surface area contributed by atoms with Crippen LogP contribution in [0.4, 0.5) is 0 Å². The highest BCUT2D eigenvalue weighted by molar-refractivity contribution is 14.0. The third-order valence-electron chi connectivity index (χ3n) is 5.15. The zero-order chi connectivity index (χ0) is 21.0. The number of benzene rings is 1. The Labute approximate surface area is 196 Å². The molecule has 0 amide bonds. The standard InChI is InChI=1S/C22H33N7.HI/c1-16(2)21-18(15-28(6)26-21)14-27(5)22(23-4)24-12-9-13-29-17(3)25-19-10-7-8-11-20(19)29;/h7-8,10-11,15-16H,9,12-14H2,1-6H3,(H,23,24);1H. The number of halogens is 1. The second kappa shape index (κ2) is 10.8. The average Bonchev–Trinajstić information content (AvgIpc) is 3.20. The first kappa shape index (κ1) is 24.2. The van der Waals surface area contributed by atoms with Crippen molar-refractivity contribution >= 4 is 41.0 Å². The Morgan fingerprint density at radius 2 is 2.00 bits per heavy atom. The lowest BCUT2D eigenvalue weighted by molar-refractivity contribution is 0.470. The Kier molecular flexibility index (Phi) is 8.69. The number of nitrogens with zero attached hydrogens (tertiary/aromatic N) is 6. The van der Waals surface area contributed by atoms with Gasteiger partial charge in [-0.2, -0.15) is 5.10 Å². The zero-order valence-electron chi connectivity index (χ0n) is 18.9. The van der Waals surface area contributed by atoms with Gasteiger partial charge in [-0.1, -0.05) is 26.0 Å². The zero-order valence-corrected chi connectivity index (χ0v) is 21.2. The van der Waals surface area contributed by atoms with Gasteiger partial charge in [0, 0.05) is 52.5 Å². The van der Waals surface area contributed by atoms with Crippen molar-refractivity contribution in [1.29, 1.82) is 0 Å². The molecule has 0 radical (unpaired) electrons. The van der Waals surface area contributed by atoms with Gasteiger partial charge in [-0.05, 0) is 31.4 Å². The fourth-order valence-corrected chi connectivity index (χ4v) is 3.79. The molecule has 2 heterocycles. The SMILES string of the molecule is CN=C(NCCCn1c(C)nc2ccccc21)N(C)Cc1cn(C)nc1C(C)C.I. The summed E-state index contributed by atoms with van der Waals surface area (Å²) >= 11 is 0. The topological polar surface area (TPSA) is 63.3 Å². The van der Waals surface area contributed by atoms with Gasteiger partial charge in [0.05, 0.1) is 16.7 Å². The van der Waals surface area contributed by atoms with E-state index in [1.165, 1.54) is 11.1 Å². The van der Waals surface area contributed by atoms with Gasteiger partial charge in [-0.15, -0.1) is 24.0 Å². The van der Waals surface area contributed by atoms with Crippen LogP contribution in [0.3, 0.4) is 0 Å². The van der Waals surface area contributed by atoms with E-state index in [1.807, 2.05) is 24.8 Å². The number of fused-ring (bicyclic) bond motifs is 1. The Morgan fingerprint density at radius 1 is 1.27 bits per heavy atom. The van der Waals surface area contributed by atoms with Gasteiger partial charge in [-0.3, -0.25) is 9.67 Å². The average molecular weight is 523 g/mol. The maximum absolute atomic E-state index is 4.65. The molecule has 30 heavy (non-hydrogen) atoms. The van der Waals surface area contributed by atoms with Gasteiger partial charge in [0.25, 0.3) is 0 Å². The number of hydrogen-bond acceptors (Lipinski definition) is 3. The van der Waals surface area contributed by atoms with E-state index in [0.717, 1.165) is 49.0 Å². The minimum absolute atomic E-state index is 0. The fraction of sp³-hybridized carbons (Fsp3) is 0.500. The third kappa shape index (κ3) is 5.53. The molecule has 0 fully saturated rings. The number of hydrogen-bond donors (Lipinski definition) is 1. The molecule has 0 atom stereocenters. The first-order valence-corrected chi connectivity index (χ1v) is 10.3. The monoisotopic (exact) mass is 523 g/mol. The van der Waals surface area contributed by atoms with Crippen LogP contribution in [0.5, 0.6) is 0 Å². The van der Waals surface area contributed by atoms with Crippen LogP contribution in [0.15, 0.2) is 35.5 Å². The quantitative estimate of drug-likeness (QED) is 0.221. The van der Waals surface area contributed by atoms with Crippen molar-refractivity contribution in [3.63, 3.8) is 0 Å². The van der Waals surface area contributed by atoms with E-state index in [2.05, 4.69) is 82.1 Å². The van der Waals surface area contributed by atoms with Crippen molar-refractivity contribution in [2.45, 2.75) is 46.2 Å². The second-order valence-electron chi connectivity index (χ2n) is 7.85. The van der Waals surface area contributed by atoms with E-state index in [-0.39, 0.29) is 24.0 Å². The maximum Gasteiger partial charge on any atom is 0.193 e. The smallest absolute Gasteiger partial charge is 0.193 e. The van der Waals surface area contributed by atoms with E-state index in [4.69, 9.17) is 0 Å². The number of aliphatic imine (C=N–C) groups is 1. The molecule has 0 bridgehead atoms. The van der Waals surface area contributed by atoms with Crippen LogP contribution in [0.1, 0.15) is 43.3 Å². The number of guanidine groups is 1. The number of aromatic nitrogens is 4. The van der Waals surface area contributed by atoms with Crippen molar-refractivity contribution < 1.29 is 0 Å². The van der Waals surface area contributed by atoms with Crippen LogP contribution in [0.2, 0.25) is 0 Å². The summed E-state index contributed by atoms with van der Waals surface area (Å²) in [5.41, 5.74) is 4.65. The molecule has 0 saturated heterocycles. The number of nitrogens with one attached hydrogen (secondary N) is 1. The summed E-state index contributed by atoms with van der Waals surface area (Å²) in [4.78, 5) is 11.3. The maximum atomic E-state index is 4.65. The molecule has 1 aromatic carbocycles. The third-order valence-corrected chi connectivity index (χ3v) is 5.15. The number of para-hydroxylation sites is 2. The summed E-state index contributed by atoms with van der Waals surface area (Å²) in [6, 6.07) is 8.31. The largest absolute Gasteiger partial charge is 0.356 e. The molecule has 7 nitrogen and oxygen atoms in total. The Hall–Kier alpha value is -2.10. The molecule has 0 aliphatic heterocycles. The molecule has 1 N–H and O–H groups in total. The highest BCUT2D eigenvalue weighted by Gasteiger charge is 2.15. The van der Waals surface area contributed by atoms with E-state index in [9.17, 15) is 0 Å². The van der Waals surface area contributed by atoms with E-state index >= 15 is 0 Å². The predicted molar refractivity (Wildman–Crippen MR) is 135 cm³/mol. The second-order valence-corrected chi connectivity index (χ2v) is 7.85. The van der Waals surface area contributed by atoms with Crippen molar-refractivity contribution in [2.24, 2.45) is 12.0 Å². The molecular formula is C22H34IN7. The molecule has 3 aromatic rings. The minimum atomic E-state index is 0. The Bertz CT molecular complexity index is 987. The van der Waals surface area contributed by atoms with Crippen molar-refractivity contribution in [2.75, 3.05) is 20.6 Å².